The molecule has 0 aliphatic carbocycles. The van der Waals surface area contributed by atoms with Gasteiger partial charge in [0, 0.05) is 18.5 Å². The van der Waals surface area contributed by atoms with E-state index in [1.165, 1.54) is 17.0 Å². The Morgan fingerprint density at radius 1 is 1.05 bits per heavy atom. The summed E-state index contributed by atoms with van der Waals surface area (Å²) in [6.07, 6.45) is 2.19. The largest absolute Gasteiger partial charge is 0.274 e. The van der Waals surface area contributed by atoms with Gasteiger partial charge in [0.05, 0.1) is 0 Å². The van der Waals surface area contributed by atoms with Gasteiger partial charge in [-0.1, -0.05) is 0 Å². The van der Waals surface area contributed by atoms with Crippen LogP contribution in [0.1, 0.15) is 0 Å². The van der Waals surface area contributed by atoms with Crippen molar-refractivity contribution < 1.29 is 26.0 Å². The minimum Gasteiger partial charge on any atom is -0.274 e. The molecule has 0 fully saturated rings. The van der Waals surface area contributed by atoms with Crippen LogP contribution in [0.4, 0.5) is 23.2 Å². The Hall–Kier alpha value is -2.16. The molecule has 20 heavy (non-hydrogen) atoms. The lowest BCUT2D eigenvalue weighted by Crippen LogP contribution is -2.16. The first-order chi connectivity index (χ1) is 9.33. The number of benzene rings is 1. The second-order valence-corrected chi connectivity index (χ2v) is 5.32. The van der Waals surface area contributed by atoms with Gasteiger partial charge in [-0.3, -0.25) is 9.71 Å². The zero-order chi connectivity index (χ0) is 14.9. The van der Waals surface area contributed by atoms with Gasteiger partial charge >= 0.3 is 0 Å². The molecule has 0 radical (unpaired) electrons. The second-order valence-electron chi connectivity index (χ2n) is 3.64. The van der Waals surface area contributed by atoms with Crippen molar-refractivity contribution in [2.24, 2.45) is 0 Å². The highest BCUT2D eigenvalue weighted by Crippen LogP contribution is 2.26. The van der Waals surface area contributed by atoms with Crippen molar-refractivity contribution in [1.29, 1.82) is 0 Å². The van der Waals surface area contributed by atoms with E-state index in [2.05, 4.69) is 4.98 Å². The third-order valence-electron chi connectivity index (χ3n) is 2.29. The van der Waals surface area contributed by atoms with Gasteiger partial charge in [0.25, 0.3) is 10.0 Å². The Morgan fingerprint density at radius 2 is 1.65 bits per heavy atom. The van der Waals surface area contributed by atoms with Gasteiger partial charge in [-0.05, 0) is 12.1 Å². The van der Waals surface area contributed by atoms with E-state index in [1.807, 2.05) is 0 Å². The zero-order valence-electron chi connectivity index (χ0n) is 9.57. The maximum absolute atomic E-state index is 13.4. The topological polar surface area (TPSA) is 59.1 Å². The molecule has 2 rings (SSSR count). The van der Waals surface area contributed by atoms with E-state index >= 15 is 0 Å². The number of nitrogens with one attached hydrogen (secondary N) is 1. The molecule has 1 heterocycles. The molecular formula is C11H6F4N2O2S. The van der Waals surface area contributed by atoms with E-state index in [1.54, 1.807) is 0 Å². The van der Waals surface area contributed by atoms with E-state index < -0.39 is 43.9 Å². The minimum absolute atomic E-state index is 0.0213. The van der Waals surface area contributed by atoms with Gasteiger partial charge in [-0.15, -0.1) is 0 Å². The lowest BCUT2D eigenvalue weighted by atomic mass is 10.3. The van der Waals surface area contributed by atoms with Crippen molar-refractivity contribution >= 4 is 15.7 Å². The maximum atomic E-state index is 13.4. The third kappa shape index (κ3) is 2.57. The molecule has 0 aliphatic rings. The number of hydrogen-bond donors (Lipinski definition) is 1. The predicted octanol–water partition coefficient (Wildman–Crippen LogP) is 2.44. The van der Waals surface area contributed by atoms with E-state index in [-0.39, 0.29) is 6.07 Å². The molecule has 4 nitrogen and oxygen atoms in total. The fourth-order valence-corrected chi connectivity index (χ4v) is 2.39. The molecular weight excluding hydrogens is 300 g/mol. The molecule has 0 amide bonds. The highest BCUT2D eigenvalue weighted by atomic mass is 32.2. The summed E-state index contributed by atoms with van der Waals surface area (Å²) in [5.41, 5.74) is -1.42. The standard InChI is InChI=1S/C11H6F4N2O2S/c12-7-4-8(13)10(15)11(9(7)14)17-20(18,19)6-2-1-3-16-5-6/h1-5,17H. The van der Waals surface area contributed by atoms with Gasteiger partial charge in [-0.25, -0.2) is 26.0 Å². The van der Waals surface area contributed by atoms with Crippen LogP contribution >= 0.6 is 0 Å². The van der Waals surface area contributed by atoms with Crippen LogP contribution in [0.15, 0.2) is 35.5 Å². The second kappa shape index (κ2) is 5.08. The Kier molecular flexibility index (Phi) is 3.62. The molecule has 0 spiro atoms. The SMILES string of the molecule is O=S(=O)(Nc1c(F)c(F)cc(F)c1F)c1cccnc1. The first-order valence-electron chi connectivity index (χ1n) is 5.09. The first kappa shape index (κ1) is 14.3. The molecule has 9 heteroatoms. The van der Waals surface area contributed by atoms with E-state index in [0.29, 0.717) is 0 Å². The van der Waals surface area contributed by atoms with Crippen LogP contribution in [0.5, 0.6) is 0 Å². The van der Waals surface area contributed by atoms with E-state index in [0.717, 1.165) is 12.3 Å². The summed E-state index contributed by atoms with van der Waals surface area (Å²) in [5, 5.41) is 0. The first-order valence-corrected chi connectivity index (χ1v) is 6.57. The van der Waals surface area contributed by atoms with E-state index in [9.17, 15) is 26.0 Å². The summed E-state index contributed by atoms with van der Waals surface area (Å²) >= 11 is 0. The number of aromatic nitrogens is 1. The summed E-state index contributed by atoms with van der Waals surface area (Å²) in [6, 6.07) is 2.35. The summed E-state index contributed by atoms with van der Waals surface area (Å²) in [5.74, 6) is -7.10. The average Bonchev–Trinajstić information content (AvgIpc) is 2.42. The van der Waals surface area contributed by atoms with Gasteiger partial charge < -0.3 is 0 Å². The van der Waals surface area contributed by atoms with Crippen molar-refractivity contribution in [2.45, 2.75) is 4.90 Å². The van der Waals surface area contributed by atoms with Gasteiger partial charge in [0.1, 0.15) is 10.6 Å². The fraction of sp³-hybridized carbons (Fsp3) is 0. The Bertz CT molecular complexity index is 725. The predicted molar refractivity (Wildman–Crippen MR) is 61.3 cm³/mol. The van der Waals surface area contributed by atoms with Gasteiger partial charge in [-0.2, -0.15) is 0 Å². The van der Waals surface area contributed by atoms with Crippen molar-refractivity contribution in [3.05, 3.63) is 53.9 Å². The van der Waals surface area contributed by atoms with Crippen LogP contribution in [0, 0.1) is 23.3 Å². The zero-order valence-corrected chi connectivity index (χ0v) is 10.4. The number of hydrogen-bond acceptors (Lipinski definition) is 3. The van der Waals surface area contributed by atoms with Gasteiger partial charge in [0.2, 0.25) is 0 Å². The average molecular weight is 306 g/mol. The smallest absolute Gasteiger partial charge is 0.263 e. The van der Waals surface area contributed by atoms with Crippen molar-refractivity contribution in [2.75, 3.05) is 4.72 Å². The summed E-state index contributed by atoms with van der Waals surface area (Å²) in [6.45, 7) is 0. The molecule has 0 unspecified atom stereocenters. The van der Waals surface area contributed by atoms with Crippen LogP contribution in [-0.4, -0.2) is 13.4 Å². The quantitative estimate of drug-likeness (QED) is 0.700. The van der Waals surface area contributed by atoms with Crippen molar-refractivity contribution in [3.8, 4) is 0 Å². The number of sulfonamides is 1. The highest BCUT2D eigenvalue weighted by Gasteiger charge is 2.24. The monoisotopic (exact) mass is 306 g/mol. The summed E-state index contributed by atoms with van der Waals surface area (Å²) in [4.78, 5) is 3.10. The highest BCUT2D eigenvalue weighted by molar-refractivity contribution is 7.92. The van der Waals surface area contributed by atoms with Gasteiger partial charge in [0.15, 0.2) is 23.3 Å². The summed E-state index contributed by atoms with van der Waals surface area (Å²) in [7, 11) is -4.42. The molecule has 0 saturated heterocycles. The maximum Gasteiger partial charge on any atom is 0.263 e. The number of anilines is 1. The minimum atomic E-state index is -4.42. The van der Waals surface area contributed by atoms with Crippen LogP contribution in [0.25, 0.3) is 0 Å². The Balaban J connectivity index is 2.51. The Morgan fingerprint density at radius 3 is 2.15 bits per heavy atom. The number of halogens is 4. The number of rotatable bonds is 3. The van der Waals surface area contributed by atoms with Crippen LogP contribution in [0.2, 0.25) is 0 Å². The molecule has 0 saturated carbocycles. The number of nitrogens with zero attached hydrogens (tertiary/aromatic N) is 1. The summed E-state index contributed by atoms with van der Waals surface area (Å²) < 4.78 is 77.7. The van der Waals surface area contributed by atoms with Crippen LogP contribution in [0.3, 0.4) is 0 Å². The molecule has 1 N–H and O–H groups in total. The fourth-order valence-electron chi connectivity index (χ4n) is 1.36. The molecule has 0 bridgehead atoms. The molecule has 106 valence electrons. The lowest BCUT2D eigenvalue weighted by molar-refractivity contribution is 0.459. The molecule has 0 aliphatic heterocycles. The van der Waals surface area contributed by atoms with E-state index in [4.69, 9.17) is 0 Å². The molecule has 2 aromatic rings. The number of pyridine rings is 1. The molecule has 0 atom stereocenters. The lowest BCUT2D eigenvalue weighted by Gasteiger charge is -2.10. The van der Waals surface area contributed by atoms with Crippen molar-refractivity contribution in [3.63, 3.8) is 0 Å². The van der Waals surface area contributed by atoms with Crippen molar-refractivity contribution in [1.82, 2.24) is 4.98 Å². The van der Waals surface area contributed by atoms with Crippen LogP contribution in [-0.2, 0) is 10.0 Å². The molecule has 1 aromatic heterocycles. The molecule has 1 aromatic carbocycles. The third-order valence-corrected chi connectivity index (χ3v) is 3.63. The normalized spacial score (nSPS) is 11.4. The van der Waals surface area contributed by atoms with Crippen LogP contribution < -0.4 is 4.72 Å². The Labute approximate surface area is 111 Å².